The molecule has 4 rings (SSSR count). The maximum Gasteiger partial charge on any atom is 0.237 e. The van der Waals surface area contributed by atoms with Crippen LogP contribution >= 0.6 is 11.3 Å². The van der Waals surface area contributed by atoms with Crippen LogP contribution in [0.4, 0.5) is 0 Å². The Bertz CT molecular complexity index is 657. The Morgan fingerprint density at radius 3 is 3.00 bits per heavy atom. The van der Waals surface area contributed by atoms with E-state index < -0.39 is 0 Å². The fraction of sp³-hybridized carbons (Fsp3) is 0.588. The lowest BCUT2D eigenvalue weighted by atomic mass is 10.2. The van der Waals surface area contributed by atoms with Gasteiger partial charge in [0.25, 0.3) is 0 Å². The molecule has 2 saturated heterocycles. The van der Waals surface area contributed by atoms with Crippen molar-refractivity contribution in [3.8, 4) is 0 Å². The highest BCUT2D eigenvalue weighted by molar-refractivity contribution is 7.10. The summed E-state index contributed by atoms with van der Waals surface area (Å²) in [4.78, 5) is 22.7. The Labute approximate surface area is 146 Å². The van der Waals surface area contributed by atoms with Gasteiger partial charge >= 0.3 is 0 Å². The molecule has 128 valence electrons. The molecular weight excluding hydrogens is 322 g/mol. The Morgan fingerprint density at radius 2 is 2.21 bits per heavy atom. The van der Waals surface area contributed by atoms with Crippen molar-refractivity contribution in [2.45, 2.75) is 44.3 Å². The normalized spacial score (nSPS) is 24.8. The number of carbonyl (C=O) groups is 1. The first kappa shape index (κ1) is 15.8. The van der Waals surface area contributed by atoms with Gasteiger partial charge in [-0.2, -0.15) is 5.10 Å². The largest absolute Gasteiger partial charge is 0.334 e. The Hall–Kier alpha value is -1.73. The molecule has 2 aliphatic heterocycles. The molecule has 2 aromatic rings. The Balaban J connectivity index is 1.39. The molecule has 2 aromatic heterocycles. The SMILES string of the molecule is O=C(CN1CCC[C@@H]1Cn1cncn1)N1CCC[C@@H]1c1cccs1. The predicted octanol–water partition coefficient (Wildman–Crippen LogP) is 2.17. The van der Waals surface area contributed by atoms with Crippen molar-refractivity contribution in [1.82, 2.24) is 24.6 Å². The zero-order chi connectivity index (χ0) is 16.4. The van der Waals surface area contributed by atoms with Gasteiger partial charge in [-0.3, -0.25) is 14.4 Å². The number of hydrogen-bond acceptors (Lipinski definition) is 5. The Morgan fingerprint density at radius 1 is 1.29 bits per heavy atom. The van der Waals surface area contributed by atoms with Gasteiger partial charge < -0.3 is 4.90 Å². The molecule has 2 fully saturated rings. The monoisotopic (exact) mass is 345 g/mol. The summed E-state index contributed by atoms with van der Waals surface area (Å²) < 4.78 is 1.87. The second kappa shape index (κ2) is 7.03. The van der Waals surface area contributed by atoms with Gasteiger partial charge in [0, 0.05) is 17.5 Å². The quantitative estimate of drug-likeness (QED) is 0.833. The van der Waals surface area contributed by atoms with Gasteiger partial charge in [-0.1, -0.05) is 6.07 Å². The molecule has 24 heavy (non-hydrogen) atoms. The maximum absolute atomic E-state index is 12.9. The van der Waals surface area contributed by atoms with Crippen molar-refractivity contribution in [1.29, 1.82) is 0 Å². The molecular formula is C17H23N5OS. The Kier molecular flexibility index (Phi) is 4.62. The highest BCUT2D eigenvalue weighted by Crippen LogP contribution is 2.34. The first-order valence-electron chi connectivity index (χ1n) is 8.70. The van der Waals surface area contributed by atoms with Crippen LogP contribution in [0.25, 0.3) is 0 Å². The summed E-state index contributed by atoms with van der Waals surface area (Å²) in [5.41, 5.74) is 0. The number of likely N-dealkylation sites (tertiary alicyclic amines) is 2. The lowest BCUT2D eigenvalue weighted by Gasteiger charge is -2.29. The third-order valence-corrected chi connectivity index (χ3v) is 6.12. The number of rotatable bonds is 5. The van der Waals surface area contributed by atoms with Crippen molar-refractivity contribution < 1.29 is 4.79 Å². The van der Waals surface area contributed by atoms with E-state index >= 15 is 0 Å². The molecule has 0 aliphatic carbocycles. The second-order valence-corrected chi connectivity index (χ2v) is 7.62. The minimum absolute atomic E-state index is 0.274. The van der Waals surface area contributed by atoms with Crippen LogP contribution < -0.4 is 0 Å². The van der Waals surface area contributed by atoms with E-state index in [1.807, 2.05) is 4.68 Å². The average molecular weight is 345 g/mol. The number of amides is 1. The standard InChI is InChI=1S/C17H23N5OS/c23-17(22-8-2-5-15(22)16-6-3-9-24-16)11-20-7-1-4-14(20)10-21-13-18-12-19-21/h3,6,9,12-15H,1-2,4-5,7-8,10-11H2/t14-,15-/m1/s1. The van der Waals surface area contributed by atoms with Crippen molar-refractivity contribution in [3.63, 3.8) is 0 Å². The smallest absolute Gasteiger partial charge is 0.237 e. The van der Waals surface area contributed by atoms with E-state index in [1.54, 1.807) is 24.0 Å². The van der Waals surface area contributed by atoms with Gasteiger partial charge in [0.15, 0.2) is 0 Å². The lowest BCUT2D eigenvalue weighted by molar-refractivity contribution is -0.133. The number of aromatic nitrogens is 3. The predicted molar refractivity (Wildman–Crippen MR) is 92.6 cm³/mol. The summed E-state index contributed by atoms with van der Waals surface area (Å²) in [6.45, 7) is 3.24. The zero-order valence-corrected chi connectivity index (χ0v) is 14.6. The van der Waals surface area contributed by atoms with E-state index in [0.717, 1.165) is 45.3 Å². The average Bonchev–Trinajstić information content (AvgIpc) is 3.37. The van der Waals surface area contributed by atoms with Crippen LogP contribution in [0.3, 0.4) is 0 Å². The number of thiophene rings is 1. The molecule has 2 atom stereocenters. The van der Waals surface area contributed by atoms with Crippen LogP contribution in [0, 0.1) is 0 Å². The summed E-state index contributed by atoms with van der Waals surface area (Å²) in [5, 5.41) is 6.30. The van der Waals surface area contributed by atoms with Gasteiger partial charge in [0.05, 0.1) is 19.1 Å². The highest BCUT2D eigenvalue weighted by Gasteiger charge is 2.33. The highest BCUT2D eigenvalue weighted by atomic mass is 32.1. The number of nitrogens with zero attached hydrogens (tertiary/aromatic N) is 5. The van der Waals surface area contributed by atoms with Crippen LogP contribution in [0.2, 0.25) is 0 Å². The molecule has 0 radical (unpaired) electrons. The van der Waals surface area contributed by atoms with Crippen molar-refractivity contribution >= 4 is 17.2 Å². The van der Waals surface area contributed by atoms with Crippen molar-refractivity contribution in [2.24, 2.45) is 0 Å². The zero-order valence-electron chi connectivity index (χ0n) is 13.8. The van der Waals surface area contributed by atoms with Gasteiger partial charge in [-0.25, -0.2) is 4.98 Å². The summed E-state index contributed by atoms with van der Waals surface area (Å²) in [6.07, 6.45) is 7.81. The van der Waals surface area contributed by atoms with Crippen LogP contribution in [-0.2, 0) is 11.3 Å². The number of carbonyl (C=O) groups excluding carboxylic acids is 1. The fourth-order valence-electron chi connectivity index (χ4n) is 3.96. The van der Waals surface area contributed by atoms with Crippen LogP contribution in [0.5, 0.6) is 0 Å². The van der Waals surface area contributed by atoms with E-state index in [4.69, 9.17) is 0 Å². The fourth-order valence-corrected chi connectivity index (χ4v) is 4.83. The summed E-state index contributed by atoms with van der Waals surface area (Å²) in [5.74, 6) is 0.274. The molecule has 6 nitrogen and oxygen atoms in total. The third kappa shape index (κ3) is 3.23. The topological polar surface area (TPSA) is 54.3 Å². The van der Waals surface area contributed by atoms with Gasteiger partial charge in [0.2, 0.25) is 5.91 Å². The lowest BCUT2D eigenvalue weighted by Crippen LogP contribution is -2.43. The molecule has 4 heterocycles. The molecule has 0 N–H and O–H groups in total. The summed E-state index contributed by atoms with van der Waals surface area (Å²) >= 11 is 1.76. The molecule has 0 bridgehead atoms. The van der Waals surface area contributed by atoms with Crippen LogP contribution in [0.15, 0.2) is 30.2 Å². The first-order chi connectivity index (χ1) is 11.8. The van der Waals surface area contributed by atoms with E-state index in [0.29, 0.717) is 12.6 Å². The van der Waals surface area contributed by atoms with Gasteiger partial charge in [-0.15, -0.1) is 11.3 Å². The third-order valence-electron chi connectivity index (χ3n) is 5.15. The van der Waals surface area contributed by atoms with E-state index in [9.17, 15) is 4.79 Å². The van der Waals surface area contributed by atoms with E-state index in [1.165, 1.54) is 4.88 Å². The molecule has 0 saturated carbocycles. The van der Waals surface area contributed by atoms with Crippen LogP contribution in [-0.4, -0.2) is 56.1 Å². The second-order valence-electron chi connectivity index (χ2n) is 6.64. The minimum atomic E-state index is 0.274. The maximum atomic E-state index is 12.9. The van der Waals surface area contributed by atoms with Crippen molar-refractivity contribution in [2.75, 3.05) is 19.6 Å². The summed E-state index contributed by atoms with van der Waals surface area (Å²) in [6, 6.07) is 4.91. The molecule has 0 spiro atoms. The van der Waals surface area contributed by atoms with Crippen molar-refractivity contribution in [3.05, 3.63) is 35.0 Å². The molecule has 2 aliphatic rings. The molecule has 7 heteroatoms. The number of hydrogen-bond donors (Lipinski definition) is 0. The molecule has 0 unspecified atom stereocenters. The van der Waals surface area contributed by atoms with E-state index in [-0.39, 0.29) is 11.9 Å². The van der Waals surface area contributed by atoms with Gasteiger partial charge in [-0.05, 0) is 43.7 Å². The summed E-state index contributed by atoms with van der Waals surface area (Å²) in [7, 11) is 0. The minimum Gasteiger partial charge on any atom is -0.334 e. The molecule has 0 aromatic carbocycles. The van der Waals surface area contributed by atoms with Crippen LogP contribution in [0.1, 0.15) is 36.6 Å². The molecule has 1 amide bonds. The van der Waals surface area contributed by atoms with Gasteiger partial charge in [0.1, 0.15) is 12.7 Å². The first-order valence-corrected chi connectivity index (χ1v) is 9.58. The van der Waals surface area contributed by atoms with E-state index in [2.05, 4.69) is 37.4 Å².